The Labute approximate surface area is 154 Å². The molecule has 0 aliphatic heterocycles. The first-order valence-electron chi connectivity index (χ1n) is 9.61. The number of hydrogen-bond acceptors (Lipinski definition) is 1. The van der Waals surface area contributed by atoms with Crippen LogP contribution in [-0.4, -0.2) is 7.11 Å². The van der Waals surface area contributed by atoms with Gasteiger partial charge in [-0.2, -0.15) is 0 Å². The molecule has 0 aromatic heterocycles. The summed E-state index contributed by atoms with van der Waals surface area (Å²) in [5.74, 6) is 1.05. The maximum Gasteiger partial charge on any atom is 0.0852 e. The van der Waals surface area contributed by atoms with E-state index >= 15 is 0 Å². The zero-order valence-corrected chi connectivity index (χ0v) is 15.2. The number of benzene rings is 3. The maximum absolute atomic E-state index is 5.83. The Morgan fingerprint density at radius 1 is 0.846 bits per heavy atom. The second kappa shape index (κ2) is 4.86. The topological polar surface area (TPSA) is 9.23 Å². The summed E-state index contributed by atoms with van der Waals surface area (Å²) in [6, 6.07) is 25.1. The molecular formula is C25H22O. The first-order chi connectivity index (χ1) is 12.8. The summed E-state index contributed by atoms with van der Waals surface area (Å²) >= 11 is 0. The molecule has 6 rings (SSSR count). The van der Waals surface area contributed by atoms with Crippen LogP contribution in [0.1, 0.15) is 57.9 Å². The molecular weight excluding hydrogens is 316 g/mol. The van der Waals surface area contributed by atoms with E-state index in [1.165, 1.54) is 38.9 Å². The van der Waals surface area contributed by atoms with Crippen LogP contribution in [0.25, 0.3) is 0 Å². The summed E-state index contributed by atoms with van der Waals surface area (Å²) in [5.41, 5.74) is 10.5. The highest BCUT2D eigenvalue weighted by Gasteiger charge is 2.63. The van der Waals surface area contributed by atoms with Crippen molar-refractivity contribution in [2.45, 2.75) is 30.8 Å². The van der Waals surface area contributed by atoms with E-state index in [9.17, 15) is 0 Å². The van der Waals surface area contributed by atoms with Gasteiger partial charge in [0.05, 0.1) is 11.5 Å². The van der Waals surface area contributed by atoms with Crippen molar-refractivity contribution in [3.05, 3.63) is 106 Å². The minimum atomic E-state index is 0.0661. The van der Waals surface area contributed by atoms with Crippen LogP contribution >= 0.6 is 0 Å². The first kappa shape index (κ1) is 14.8. The molecule has 3 aliphatic rings. The van der Waals surface area contributed by atoms with Crippen LogP contribution in [0.3, 0.4) is 0 Å². The highest BCUT2D eigenvalue weighted by atomic mass is 16.5. The minimum absolute atomic E-state index is 0.0661. The summed E-state index contributed by atoms with van der Waals surface area (Å²) < 4.78 is 5.83. The van der Waals surface area contributed by atoms with Crippen molar-refractivity contribution in [1.82, 2.24) is 0 Å². The van der Waals surface area contributed by atoms with Gasteiger partial charge in [-0.25, -0.2) is 0 Å². The van der Waals surface area contributed by atoms with Gasteiger partial charge in [-0.1, -0.05) is 73.7 Å². The van der Waals surface area contributed by atoms with Crippen molar-refractivity contribution >= 4 is 0 Å². The number of hydrogen-bond donors (Lipinski definition) is 0. The van der Waals surface area contributed by atoms with Gasteiger partial charge in [-0.15, -0.1) is 0 Å². The lowest BCUT2D eigenvalue weighted by Gasteiger charge is -2.61. The SMILES string of the molecule is COC1c2cc3c(cc2CC1C)C1(c2ccccc2)c2ccccc2C31. The molecule has 3 aromatic carbocycles. The molecule has 0 amide bonds. The smallest absolute Gasteiger partial charge is 0.0852 e. The van der Waals surface area contributed by atoms with E-state index < -0.39 is 0 Å². The second-order valence-corrected chi connectivity index (χ2v) is 8.17. The lowest BCUT2D eigenvalue weighted by Crippen LogP contribution is -2.54. The highest BCUT2D eigenvalue weighted by Crippen LogP contribution is 2.70. The molecule has 0 N–H and O–H groups in total. The van der Waals surface area contributed by atoms with Crippen LogP contribution in [0.5, 0.6) is 0 Å². The van der Waals surface area contributed by atoms with Crippen molar-refractivity contribution < 1.29 is 4.74 Å². The molecule has 3 aliphatic carbocycles. The van der Waals surface area contributed by atoms with Crippen molar-refractivity contribution in [2.24, 2.45) is 5.92 Å². The van der Waals surface area contributed by atoms with Gasteiger partial charge in [-0.05, 0) is 51.3 Å². The fourth-order valence-corrected chi connectivity index (χ4v) is 6.04. The van der Waals surface area contributed by atoms with E-state index in [-0.39, 0.29) is 11.5 Å². The van der Waals surface area contributed by atoms with Gasteiger partial charge in [0, 0.05) is 13.0 Å². The van der Waals surface area contributed by atoms with Crippen LogP contribution in [0.15, 0.2) is 66.7 Å². The Hall–Kier alpha value is -2.38. The monoisotopic (exact) mass is 338 g/mol. The molecule has 0 radical (unpaired) electrons. The van der Waals surface area contributed by atoms with E-state index in [1.807, 2.05) is 7.11 Å². The number of methoxy groups -OCH3 is 1. The van der Waals surface area contributed by atoms with E-state index in [0.717, 1.165) is 6.42 Å². The summed E-state index contributed by atoms with van der Waals surface area (Å²) in [4.78, 5) is 0. The van der Waals surface area contributed by atoms with Gasteiger partial charge in [-0.3, -0.25) is 0 Å². The predicted molar refractivity (Wildman–Crippen MR) is 104 cm³/mol. The Morgan fingerprint density at radius 3 is 2.42 bits per heavy atom. The van der Waals surface area contributed by atoms with E-state index in [2.05, 4.69) is 73.7 Å². The summed E-state index contributed by atoms with van der Waals surface area (Å²) in [6.45, 7) is 2.31. The zero-order chi connectivity index (χ0) is 17.5. The summed E-state index contributed by atoms with van der Waals surface area (Å²) in [6.07, 6.45) is 1.37. The molecule has 3 aromatic rings. The third-order valence-electron chi connectivity index (χ3n) is 7.03. The maximum atomic E-state index is 5.83. The number of fused-ring (bicyclic) bond motifs is 8. The Kier molecular flexibility index (Phi) is 2.76. The summed E-state index contributed by atoms with van der Waals surface area (Å²) in [5, 5.41) is 0. The fraction of sp³-hybridized carbons (Fsp3) is 0.280. The first-order valence-corrected chi connectivity index (χ1v) is 9.61. The van der Waals surface area contributed by atoms with Gasteiger partial charge in [0.2, 0.25) is 0 Å². The van der Waals surface area contributed by atoms with Gasteiger partial charge < -0.3 is 4.74 Å². The summed E-state index contributed by atoms with van der Waals surface area (Å²) in [7, 11) is 1.85. The van der Waals surface area contributed by atoms with Crippen LogP contribution < -0.4 is 0 Å². The van der Waals surface area contributed by atoms with Crippen LogP contribution in [0, 0.1) is 5.92 Å². The zero-order valence-electron chi connectivity index (χ0n) is 15.2. The Bertz CT molecular complexity index is 1040. The lowest BCUT2D eigenvalue weighted by atomic mass is 9.40. The Balaban J connectivity index is 1.61. The molecule has 26 heavy (non-hydrogen) atoms. The van der Waals surface area contributed by atoms with E-state index in [4.69, 9.17) is 4.74 Å². The molecule has 128 valence electrons. The fourth-order valence-electron chi connectivity index (χ4n) is 6.04. The average molecular weight is 338 g/mol. The van der Waals surface area contributed by atoms with Crippen molar-refractivity contribution in [3.63, 3.8) is 0 Å². The molecule has 0 saturated carbocycles. The molecule has 4 unspecified atom stereocenters. The lowest BCUT2D eigenvalue weighted by molar-refractivity contribution is 0.0694. The van der Waals surface area contributed by atoms with Crippen molar-refractivity contribution in [2.75, 3.05) is 7.11 Å². The largest absolute Gasteiger partial charge is 0.376 e. The molecule has 1 heteroatoms. The average Bonchev–Trinajstić information content (AvgIpc) is 2.96. The third-order valence-corrected chi connectivity index (χ3v) is 7.03. The molecule has 0 heterocycles. The van der Waals surface area contributed by atoms with Gasteiger partial charge in [0.25, 0.3) is 0 Å². The van der Waals surface area contributed by atoms with Gasteiger partial charge in [0.1, 0.15) is 0 Å². The standard InChI is InChI=1S/C25H22O/c1-15-12-16-13-22-20(14-19(16)24(15)26-2)23-18-10-6-7-11-21(18)25(22,23)17-8-4-3-5-9-17/h3-11,13-15,23-24H,12H2,1-2H3. The molecule has 0 saturated heterocycles. The Morgan fingerprint density at radius 2 is 1.62 bits per heavy atom. The molecule has 0 bridgehead atoms. The van der Waals surface area contributed by atoms with Gasteiger partial charge >= 0.3 is 0 Å². The molecule has 0 spiro atoms. The highest BCUT2D eigenvalue weighted by molar-refractivity contribution is 5.78. The van der Waals surface area contributed by atoms with Gasteiger partial charge in [0.15, 0.2) is 0 Å². The normalized spacial score (nSPS) is 29.7. The van der Waals surface area contributed by atoms with E-state index in [1.54, 1.807) is 0 Å². The third kappa shape index (κ3) is 1.49. The second-order valence-electron chi connectivity index (χ2n) is 8.17. The molecule has 0 fully saturated rings. The van der Waals surface area contributed by atoms with E-state index in [0.29, 0.717) is 11.8 Å². The number of ether oxygens (including phenoxy) is 1. The van der Waals surface area contributed by atoms with Crippen molar-refractivity contribution in [3.8, 4) is 0 Å². The number of rotatable bonds is 2. The minimum Gasteiger partial charge on any atom is -0.376 e. The van der Waals surface area contributed by atoms with Crippen LogP contribution in [-0.2, 0) is 16.6 Å². The van der Waals surface area contributed by atoms with Crippen molar-refractivity contribution in [1.29, 1.82) is 0 Å². The quantitative estimate of drug-likeness (QED) is 0.611. The molecule has 4 atom stereocenters. The predicted octanol–water partition coefficient (Wildman–Crippen LogP) is 5.36. The molecule has 1 nitrogen and oxygen atoms in total. The van der Waals surface area contributed by atoms with Crippen LogP contribution in [0.4, 0.5) is 0 Å². The van der Waals surface area contributed by atoms with Crippen LogP contribution in [0.2, 0.25) is 0 Å².